The summed E-state index contributed by atoms with van der Waals surface area (Å²) in [5, 5.41) is 4.82. The first-order chi connectivity index (χ1) is 38.1. The van der Waals surface area contributed by atoms with Gasteiger partial charge >= 0.3 is 0 Å². The van der Waals surface area contributed by atoms with E-state index < -0.39 is 0 Å². The van der Waals surface area contributed by atoms with Crippen LogP contribution in [0.5, 0.6) is 0 Å². The van der Waals surface area contributed by atoms with Crippen molar-refractivity contribution in [2.75, 3.05) is 9.80 Å². The Morgan fingerprint density at radius 3 is 1.21 bits per heavy atom. The van der Waals surface area contributed by atoms with E-state index in [1.54, 1.807) is 0 Å². The van der Waals surface area contributed by atoms with E-state index in [2.05, 4.69) is 324 Å². The van der Waals surface area contributed by atoms with Gasteiger partial charge in [0.05, 0.1) is 22.1 Å². The van der Waals surface area contributed by atoms with Crippen LogP contribution in [-0.4, -0.2) is 9.13 Å². The van der Waals surface area contributed by atoms with Crippen LogP contribution in [0, 0.1) is 0 Å². The summed E-state index contributed by atoms with van der Waals surface area (Å²) in [5.74, 6) is 0. The van der Waals surface area contributed by atoms with Crippen LogP contribution in [-0.2, 0) is 0 Å². The lowest BCUT2D eigenvalue weighted by molar-refractivity contribution is 1.17. The van der Waals surface area contributed by atoms with Crippen LogP contribution in [0.4, 0.5) is 28.4 Å². The second kappa shape index (κ2) is 20.3. The highest BCUT2D eigenvalue weighted by Gasteiger charge is 2.20. The molecule has 2 heterocycles. The van der Waals surface area contributed by atoms with E-state index in [0.717, 1.165) is 73.3 Å². The van der Waals surface area contributed by atoms with Gasteiger partial charge in [0.1, 0.15) is 0 Å². The molecule has 77 heavy (non-hydrogen) atoms. The lowest BCUT2D eigenvalue weighted by atomic mass is 10.0. The van der Waals surface area contributed by atoms with Gasteiger partial charge < -0.3 is 18.9 Å². The highest BCUT2D eigenvalue weighted by atomic mass is 15.2. The Morgan fingerprint density at radius 1 is 0.338 bits per heavy atom. The van der Waals surface area contributed by atoms with Crippen molar-refractivity contribution in [1.29, 1.82) is 0 Å². The van der Waals surface area contributed by atoms with Crippen molar-refractivity contribution >= 4 is 77.6 Å². The predicted octanol–water partition coefficient (Wildman–Crippen LogP) is 20.0. The number of allylic oxidation sites excluding steroid dienone is 4. The Labute approximate surface area is 449 Å². The summed E-state index contributed by atoms with van der Waals surface area (Å²) < 4.78 is 4.74. The van der Waals surface area contributed by atoms with Crippen molar-refractivity contribution < 1.29 is 0 Å². The zero-order valence-corrected chi connectivity index (χ0v) is 42.8. The van der Waals surface area contributed by atoms with Gasteiger partial charge in [-0.25, -0.2) is 0 Å². The number of hydrogen-bond acceptors (Lipinski definition) is 2. The molecule has 13 rings (SSSR count). The van der Waals surface area contributed by atoms with Crippen LogP contribution in [0.1, 0.15) is 12.5 Å². The molecule has 0 fully saturated rings. The van der Waals surface area contributed by atoms with Crippen LogP contribution in [0.3, 0.4) is 0 Å². The molecule has 4 nitrogen and oxygen atoms in total. The third-order valence-electron chi connectivity index (χ3n) is 14.8. The zero-order chi connectivity index (χ0) is 51.7. The first kappa shape index (κ1) is 46.6. The van der Waals surface area contributed by atoms with E-state index >= 15 is 0 Å². The fraction of sp³-hybridized carbons (Fsp3) is 0.0137. The molecule has 0 spiro atoms. The molecule has 0 aliphatic heterocycles. The first-order valence-electron chi connectivity index (χ1n) is 26.3. The molecule has 0 radical (unpaired) electrons. The standard InChI is InChI=1S/C73H54N4/c1-3-58(39-32-52(2)53-20-8-4-9-21-53)74(64-46-48-72-68(50-64)66-28-16-18-30-70(66)76(72)59-24-12-6-13-25-59)61-40-35-56(36-41-61)57-37-44-63(45-38-57)75(62-42-33-55(34-43-62)54-22-10-5-11-23-54)65-47-49-73-69(51-65)67-29-17-19-31-71(67)77(73)60-26-14-7-15-27-60/h3-51H,2H2,1H3/b39-32-,58-3+. The molecule has 0 bridgehead atoms. The lowest BCUT2D eigenvalue weighted by Crippen LogP contribution is -2.15. The molecule has 2 aromatic heterocycles. The van der Waals surface area contributed by atoms with E-state index in [9.17, 15) is 0 Å². The SMILES string of the molecule is C=C(/C=C\C(=C/C)N(c1ccc(-c2ccc(N(c3ccc(-c4ccccc4)cc3)c3ccc4c(c3)c3ccccc3n4-c3ccccc3)cc2)cc1)c1ccc2c(c1)c1ccccc1n2-c1ccccc1)c1ccccc1. The summed E-state index contributed by atoms with van der Waals surface area (Å²) in [4.78, 5) is 4.73. The van der Waals surface area contributed by atoms with Crippen LogP contribution in [0.25, 0.3) is 82.8 Å². The molecule has 0 N–H and O–H groups in total. The summed E-state index contributed by atoms with van der Waals surface area (Å²) in [5.41, 5.74) is 20.0. The highest BCUT2D eigenvalue weighted by Crippen LogP contribution is 2.43. The average molecular weight is 987 g/mol. The Balaban J connectivity index is 0.879. The van der Waals surface area contributed by atoms with Gasteiger partial charge in [0.15, 0.2) is 0 Å². The Morgan fingerprint density at radius 2 is 0.714 bits per heavy atom. The maximum atomic E-state index is 4.45. The van der Waals surface area contributed by atoms with Gasteiger partial charge in [0, 0.05) is 67.1 Å². The topological polar surface area (TPSA) is 16.3 Å². The average Bonchev–Trinajstić information content (AvgIpc) is 4.05. The molecule has 0 amide bonds. The third kappa shape index (κ3) is 8.78. The summed E-state index contributed by atoms with van der Waals surface area (Å²) in [7, 11) is 0. The number of rotatable bonds is 13. The van der Waals surface area contributed by atoms with E-state index in [4.69, 9.17) is 0 Å². The monoisotopic (exact) mass is 986 g/mol. The Hall–Kier alpha value is -10.2. The zero-order valence-electron chi connectivity index (χ0n) is 42.8. The third-order valence-corrected chi connectivity index (χ3v) is 14.8. The van der Waals surface area contributed by atoms with Crippen molar-refractivity contribution in [3.63, 3.8) is 0 Å². The number of anilines is 5. The molecule has 366 valence electrons. The molecule has 11 aromatic carbocycles. The van der Waals surface area contributed by atoms with Crippen LogP contribution < -0.4 is 9.80 Å². The van der Waals surface area contributed by atoms with E-state index in [-0.39, 0.29) is 0 Å². The number of fused-ring (bicyclic) bond motifs is 6. The number of hydrogen-bond donors (Lipinski definition) is 0. The van der Waals surface area contributed by atoms with Crippen LogP contribution in [0.2, 0.25) is 0 Å². The van der Waals surface area contributed by atoms with Gasteiger partial charge in [0.2, 0.25) is 0 Å². The van der Waals surface area contributed by atoms with Gasteiger partial charge in [-0.05, 0) is 156 Å². The number of benzene rings is 11. The molecular weight excluding hydrogens is 933 g/mol. The van der Waals surface area contributed by atoms with Crippen molar-refractivity contribution in [3.8, 4) is 33.6 Å². The van der Waals surface area contributed by atoms with Crippen molar-refractivity contribution in [2.24, 2.45) is 0 Å². The molecule has 13 aromatic rings. The second-order valence-electron chi connectivity index (χ2n) is 19.4. The van der Waals surface area contributed by atoms with Gasteiger partial charge in [-0.1, -0.05) is 189 Å². The molecule has 0 saturated carbocycles. The minimum absolute atomic E-state index is 0.948. The fourth-order valence-electron chi connectivity index (χ4n) is 11.1. The van der Waals surface area contributed by atoms with Crippen LogP contribution in [0.15, 0.2) is 310 Å². The smallest absolute Gasteiger partial charge is 0.0542 e. The second-order valence-corrected chi connectivity index (χ2v) is 19.4. The molecule has 0 atom stereocenters. The van der Waals surface area contributed by atoms with E-state index in [1.807, 2.05) is 6.07 Å². The van der Waals surface area contributed by atoms with Crippen LogP contribution >= 0.6 is 0 Å². The summed E-state index contributed by atoms with van der Waals surface area (Å²) in [6, 6.07) is 100. The van der Waals surface area contributed by atoms with Crippen molar-refractivity contribution in [1.82, 2.24) is 9.13 Å². The molecule has 0 saturated heterocycles. The molecule has 0 aliphatic rings. The predicted molar refractivity (Wildman–Crippen MR) is 328 cm³/mol. The van der Waals surface area contributed by atoms with Gasteiger partial charge in [-0.15, -0.1) is 0 Å². The Kier molecular flexibility index (Phi) is 12.3. The quantitative estimate of drug-likeness (QED) is 0.107. The normalized spacial score (nSPS) is 11.8. The highest BCUT2D eigenvalue weighted by molar-refractivity contribution is 6.12. The van der Waals surface area contributed by atoms with Gasteiger partial charge in [-0.2, -0.15) is 0 Å². The Bertz CT molecular complexity index is 4300. The molecule has 4 heteroatoms. The fourth-order valence-corrected chi connectivity index (χ4v) is 11.1. The number of nitrogens with zero attached hydrogens (tertiary/aromatic N) is 4. The summed E-state index contributed by atoms with van der Waals surface area (Å²) >= 11 is 0. The van der Waals surface area contributed by atoms with Crippen molar-refractivity contribution in [3.05, 3.63) is 315 Å². The number of para-hydroxylation sites is 4. The van der Waals surface area contributed by atoms with E-state index in [0.29, 0.717) is 0 Å². The summed E-state index contributed by atoms with van der Waals surface area (Å²) in [6.45, 7) is 6.56. The molecule has 0 unspecified atom stereocenters. The molecule has 0 aliphatic carbocycles. The van der Waals surface area contributed by atoms with Gasteiger partial charge in [-0.3, -0.25) is 0 Å². The largest absolute Gasteiger partial charge is 0.311 e. The minimum atomic E-state index is 0.948. The minimum Gasteiger partial charge on any atom is -0.311 e. The number of aromatic nitrogens is 2. The molecular formula is C73H54N4. The van der Waals surface area contributed by atoms with Crippen molar-refractivity contribution in [2.45, 2.75) is 6.92 Å². The van der Waals surface area contributed by atoms with Gasteiger partial charge in [0.25, 0.3) is 0 Å². The lowest BCUT2D eigenvalue weighted by Gasteiger charge is -2.27. The maximum absolute atomic E-state index is 4.45. The summed E-state index contributed by atoms with van der Waals surface area (Å²) in [6.07, 6.45) is 6.48. The van der Waals surface area contributed by atoms with E-state index in [1.165, 1.54) is 49.2 Å². The first-order valence-corrected chi connectivity index (χ1v) is 26.3. The maximum Gasteiger partial charge on any atom is 0.0542 e.